The van der Waals surface area contributed by atoms with Gasteiger partial charge < -0.3 is 14.6 Å². The Labute approximate surface area is 179 Å². The number of pyridine rings is 1. The fraction of sp³-hybridized carbons (Fsp3) is 0.682. The summed E-state index contributed by atoms with van der Waals surface area (Å²) in [6, 6.07) is 0. The van der Waals surface area contributed by atoms with Crippen LogP contribution in [0.4, 0.5) is 13.2 Å². The topological polar surface area (TPSA) is 77.4 Å². The highest BCUT2D eigenvalue weighted by atomic mass is 19.4. The van der Waals surface area contributed by atoms with E-state index in [1.807, 2.05) is 0 Å². The zero-order valence-corrected chi connectivity index (χ0v) is 17.4. The first-order valence-electron chi connectivity index (χ1n) is 11.0. The van der Waals surface area contributed by atoms with Crippen LogP contribution in [0.5, 0.6) is 5.88 Å². The van der Waals surface area contributed by atoms with Crippen molar-refractivity contribution in [2.75, 3.05) is 13.2 Å². The van der Waals surface area contributed by atoms with Crippen LogP contribution in [0, 0.1) is 0 Å². The molecule has 31 heavy (non-hydrogen) atoms. The number of halogens is 3. The molecule has 2 aromatic rings. The van der Waals surface area contributed by atoms with Gasteiger partial charge in [0.05, 0.1) is 30.2 Å². The first-order chi connectivity index (χ1) is 14.9. The molecule has 4 rings (SSSR count). The highest BCUT2D eigenvalue weighted by Crippen LogP contribution is 2.38. The lowest BCUT2D eigenvalue weighted by Gasteiger charge is -2.27. The van der Waals surface area contributed by atoms with Gasteiger partial charge in [-0.3, -0.25) is 0 Å². The molecular formula is C22H28F3N3O3. The molecule has 3 heterocycles. The minimum absolute atomic E-state index is 0.00610. The highest BCUT2D eigenvalue weighted by Gasteiger charge is 2.27. The van der Waals surface area contributed by atoms with Gasteiger partial charge in [0.1, 0.15) is 11.9 Å². The van der Waals surface area contributed by atoms with Gasteiger partial charge in [-0.25, -0.2) is 15.0 Å². The number of aryl methyl sites for hydroxylation is 1. The van der Waals surface area contributed by atoms with Crippen molar-refractivity contribution in [3.8, 4) is 5.88 Å². The van der Waals surface area contributed by atoms with Crippen LogP contribution in [0.25, 0.3) is 10.9 Å². The summed E-state index contributed by atoms with van der Waals surface area (Å²) in [5.74, 6) is 1.06. The Balaban J connectivity index is 1.62. The van der Waals surface area contributed by atoms with E-state index in [0.717, 1.165) is 44.1 Å². The molecule has 0 unspecified atom stereocenters. The molecule has 170 valence electrons. The summed E-state index contributed by atoms with van der Waals surface area (Å²) in [4.78, 5) is 13.5. The SMILES string of the molecule is OC1CCC(c2cnc(OC3CCOCC3)c3cnc(CCCC(F)(F)F)nc23)CC1. The summed E-state index contributed by atoms with van der Waals surface area (Å²) < 4.78 is 49.1. The Bertz CT molecular complexity index is 879. The molecule has 2 aromatic heterocycles. The van der Waals surface area contributed by atoms with Gasteiger partial charge in [-0.2, -0.15) is 13.2 Å². The lowest BCUT2D eigenvalue weighted by molar-refractivity contribution is -0.135. The van der Waals surface area contributed by atoms with Crippen LogP contribution < -0.4 is 4.74 Å². The summed E-state index contributed by atoms with van der Waals surface area (Å²) in [7, 11) is 0. The van der Waals surface area contributed by atoms with Crippen LogP contribution in [-0.4, -0.2) is 51.7 Å². The predicted molar refractivity (Wildman–Crippen MR) is 108 cm³/mol. The summed E-state index contributed by atoms with van der Waals surface area (Å²) in [5, 5.41) is 10.5. The van der Waals surface area contributed by atoms with Crippen LogP contribution in [0.1, 0.15) is 68.7 Å². The number of aliphatic hydroxyl groups excluding tert-OH is 1. The molecule has 1 aliphatic heterocycles. The fourth-order valence-electron chi connectivity index (χ4n) is 4.35. The molecular weight excluding hydrogens is 411 g/mol. The molecule has 0 spiro atoms. The predicted octanol–water partition coefficient (Wildman–Crippen LogP) is 4.49. The van der Waals surface area contributed by atoms with Crippen LogP contribution in [0.3, 0.4) is 0 Å². The number of nitrogens with zero attached hydrogens (tertiary/aromatic N) is 3. The van der Waals surface area contributed by atoms with Gasteiger partial charge in [-0.1, -0.05) is 0 Å². The molecule has 9 heteroatoms. The number of ether oxygens (including phenoxy) is 2. The zero-order chi connectivity index (χ0) is 21.8. The number of aliphatic hydroxyl groups is 1. The Morgan fingerprint density at radius 2 is 1.77 bits per heavy atom. The van der Waals surface area contributed by atoms with Crippen LogP contribution >= 0.6 is 0 Å². The molecule has 1 saturated carbocycles. The minimum atomic E-state index is -4.18. The zero-order valence-electron chi connectivity index (χ0n) is 17.4. The van der Waals surface area contributed by atoms with Crippen molar-refractivity contribution < 1.29 is 27.8 Å². The fourth-order valence-corrected chi connectivity index (χ4v) is 4.35. The van der Waals surface area contributed by atoms with Crippen LogP contribution in [-0.2, 0) is 11.2 Å². The van der Waals surface area contributed by atoms with Gasteiger partial charge in [0.25, 0.3) is 0 Å². The van der Waals surface area contributed by atoms with Gasteiger partial charge >= 0.3 is 6.18 Å². The van der Waals surface area contributed by atoms with Gasteiger partial charge in [-0.15, -0.1) is 0 Å². The maximum Gasteiger partial charge on any atom is 0.389 e. The Hall–Kier alpha value is -2.00. The number of alkyl halides is 3. The van der Waals surface area contributed by atoms with Crippen molar-refractivity contribution in [2.45, 2.75) is 82.1 Å². The minimum Gasteiger partial charge on any atom is -0.474 e. The highest BCUT2D eigenvalue weighted by molar-refractivity contribution is 5.85. The van der Waals surface area contributed by atoms with Crippen molar-refractivity contribution in [3.63, 3.8) is 0 Å². The lowest BCUT2D eigenvalue weighted by atomic mass is 9.83. The molecule has 1 saturated heterocycles. The second-order valence-corrected chi connectivity index (χ2v) is 8.47. The number of hydrogen-bond donors (Lipinski definition) is 1. The first-order valence-corrected chi connectivity index (χ1v) is 11.0. The molecule has 0 atom stereocenters. The average molecular weight is 439 g/mol. The van der Waals surface area contributed by atoms with Crippen molar-refractivity contribution in [3.05, 3.63) is 23.8 Å². The van der Waals surface area contributed by atoms with Gasteiger partial charge in [-0.05, 0) is 38.0 Å². The molecule has 0 bridgehead atoms. The standard InChI is InChI=1S/C22H28F3N3O3/c23-22(24,25)9-1-2-19-26-13-18-20(28-19)17(14-3-5-15(29)6-4-14)12-27-21(18)31-16-7-10-30-11-8-16/h12-16,29H,1-11H2. The third-order valence-electron chi connectivity index (χ3n) is 6.11. The van der Waals surface area contributed by atoms with Gasteiger partial charge in [0.2, 0.25) is 5.88 Å². The van der Waals surface area contributed by atoms with E-state index in [2.05, 4.69) is 15.0 Å². The molecule has 2 aliphatic rings. The summed E-state index contributed by atoms with van der Waals surface area (Å²) in [6.45, 7) is 1.29. The second kappa shape index (κ2) is 9.65. The third kappa shape index (κ3) is 5.83. The molecule has 1 aliphatic carbocycles. The molecule has 0 amide bonds. The molecule has 1 N–H and O–H groups in total. The Morgan fingerprint density at radius 1 is 1.03 bits per heavy atom. The van der Waals surface area contributed by atoms with Crippen molar-refractivity contribution in [2.24, 2.45) is 0 Å². The Morgan fingerprint density at radius 3 is 2.48 bits per heavy atom. The maximum atomic E-state index is 12.5. The monoisotopic (exact) mass is 439 g/mol. The number of fused-ring (bicyclic) bond motifs is 1. The van der Waals surface area contributed by atoms with Gasteiger partial charge in [0, 0.05) is 43.6 Å². The van der Waals surface area contributed by atoms with E-state index in [1.54, 1.807) is 12.4 Å². The third-order valence-corrected chi connectivity index (χ3v) is 6.11. The van der Waals surface area contributed by atoms with E-state index in [0.29, 0.717) is 35.8 Å². The molecule has 2 fully saturated rings. The Kier molecular flexibility index (Phi) is 6.91. The summed E-state index contributed by atoms with van der Waals surface area (Å²) in [5.41, 5.74) is 1.66. The van der Waals surface area contributed by atoms with Crippen molar-refractivity contribution >= 4 is 10.9 Å². The van der Waals surface area contributed by atoms with Crippen molar-refractivity contribution in [1.82, 2.24) is 15.0 Å². The number of rotatable bonds is 6. The first kappa shape index (κ1) is 22.2. The number of hydrogen-bond acceptors (Lipinski definition) is 6. The summed E-state index contributed by atoms with van der Waals surface area (Å²) in [6.07, 6.45) is 2.88. The molecule has 0 radical (unpaired) electrons. The number of aromatic nitrogens is 3. The largest absolute Gasteiger partial charge is 0.474 e. The maximum absolute atomic E-state index is 12.5. The normalized spacial score (nSPS) is 23.2. The van der Waals surface area contributed by atoms with E-state index in [4.69, 9.17) is 9.47 Å². The average Bonchev–Trinajstić information content (AvgIpc) is 2.74. The molecule has 6 nitrogen and oxygen atoms in total. The second-order valence-electron chi connectivity index (χ2n) is 8.47. The van der Waals surface area contributed by atoms with Crippen LogP contribution in [0.15, 0.2) is 12.4 Å². The molecule has 0 aromatic carbocycles. The van der Waals surface area contributed by atoms with E-state index in [-0.39, 0.29) is 31.0 Å². The summed E-state index contributed by atoms with van der Waals surface area (Å²) >= 11 is 0. The smallest absolute Gasteiger partial charge is 0.389 e. The van der Waals surface area contributed by atoms with E-state index >= 15 is 0 Å². The van der Waals surface area contributed by atoms with Crippen molar-refractivity contribution in [1.29, 1.82) is 0 Å². The van der Waals surface area contributed by atoms with E-state index in [1.165, 1.54) is 0 Å². The van der Waals surface area contributed by atoms with Crippen LogP contribution in [0.2, 0.25) is 0 Å². The van der Waals surface area contributed by atoms with E-state index < -0.39 is 12.6 Å². The quantitative estimate of drug-likeness (QED) is 0.715. The lowest BCUT2D eigenvalue weighted by Crippen LogP contribution is -2.26. The van der Waals surface area contributed by atoms with E-state index in [9.17, 15) is 18.3 Å². The van der Waals surface area contributed by atoms with Gasteiger partial charge in [0.15, 0.2) is 0 Å².